The summed E-state index contributed by atoms with van der Waals surface area (Å²) in [5.74, 6) is 1.88. The van der Waals surface area contributed by atoms with Crippen LogP contribution in [0.4, 0.5) is 5.82 Å². The highest BCUT2D eigenvalue weighted by atomic mass is 15.2. The first kappa shape index (κ1) is 13.8. The van der Waals surface area contributed by atoms with Gasteiger partial charge in [0.2, 0.25) is 0 Å². The van der Waals surface area contributed by atoms with Crippen molar-refractivity contribution in [1.29, 1.82) is 0 Å². The molecule has 1 atom stereocenters. The molecule has 2 fully saturated rings. The van der Waals surface area contributed by atoms with Crippen molar-refractivity contribution < 1.29 is 0 Å². The van der Waals surface area contributed by atoms with Gasteiger partial charge in [0.1, 0.15) is 5.82 Å². The van der Waals surface area contributed by atoms with E-state index in [1.807, 2.05) is 6.20 Å². The molecule has 1 unspecified atom stereocenters. The maximum Gasteiger partial charge on any atom is 0.128 e. The fourth-order valence-corrected chi connectivity index (χ4v) is 2.99. The Morgan fingerprint density at radius 2 is 2.25 bits per heavy atom. The molecule has 1 N–H and O–H groups in total. The zero-order chi connectivity index (χ0) is 13.9. The number of nitrogens with one attached hydrogen (secondary N) is 1. The third-order valence-electron chi connectivity index (χ3n) is 4.39. The highest BCUT2D eigenvalue weighted by Gasteiger charge is 2.22. The molecule has 1 aromatic rings. The van der Waals surface area contributed by atoms with Gasteiger partial charge in [0.05, 0.1) is 0 Å². The van der Waals surface area contributed by atoms with Gasteiger partial charge in [0, 0.05) is 38.9 Å². The maximum atomic E-state index is 4.53. The summed E-state index contributed by atoms with van der Waals surface area (Å²) in [7, 11) is 4.38. The van der Waals surface area contributed by atoms with Crippen molar-refractivity contribution in [3.8, 4) is 0 Å². The number of hydrogen-bond donors (Lipinski definition) is 1. The Balaban J connectivity index is 1.55. The van der Waals surface area contributed by atoms with Crippen molar-refractivity contribution in [2.75, 3.05) is 38.6 Å². The molecule has 1 aliphatic heterocycles. The lowest BCUT2D eigenvalue weighted by atomic mass is 10.1. The lowest BCUT2D eigenvalue weighted by molar-refractivity contribution is 0.395. The van der Waals surface area contributed by atoms with Crippen LogP contribution in [0.2, 0.25) is 0 Å². The first-order valence-electron chi connectivity index (χ1n) is 7.78. The third kappa shape index (κ3) is 3.70. The molecule has 0 amide bonds. The zero-order valence-corrected chi connectivity index (χ0v) is 12.7. The van der Waals surface area contributed by atoms with Crippen LogP contribution in [0, 0.1) is 5.92 Å². The van der Waals surface area contributed by atoms with E-state index in [9.17, 15) is 0 Å². The van der Waals surface area contributed by atoms with Crippen LogP contribution in [0.25, 0.3) is 0 Å². The van der Waals surface area contributed by atoms with Crippen LogP contribution in [0.15, 0.2) is 18.3 Å². The van der Waals surface area contributed by atoms with Crippen LogP contribution in [0.3, 0.4) is 0 Å². The molecule has 20 heavy (non-hydrogen) atoms. The largest absolute Gasteiger partial charge is 0.359 e. The van der Waals surface area contributed by atoms with Gasteiger partial charge in [-0.15, -0.1) is 0 Å². The van der Waals surface area contributed by atoms with Gasteiger partial charge >= 0.3 is 0 Å². The molecule has 1 saturated heterocycles. The monoisotopic (exact) mass is 274 g/mol. The normalized spacial score (nSPS) is 23.2. The number of nitrogens with zero attached hydrogens (tertiary/aromatic N) is 3. The quantitative estimate of drug-likeness (QED) is 0.856. The second-order valence-electron chi connectivity index (χ2n) is 6.47. The molecule has 0 spiro atoms. The van der Waals surface area contributed by atoms with Gasteiger partial charge in [-0.3, -0.25) is 0 Å². The summed E-state index contributed by atoms with van der Waals surface area (Å²) in [5.41, 5.74) is 1.34. The van der Waals surface area contributed by atoms with Crippen molar-refractivity contribution >= 4 is 5.82 Å². The fourth-order valence-electron chi connectivity index (χ4n) is 2.99. The second kappa shape index (κ2) is 6.10. The van der Waals surface area contributed by atoms with Crippen LogP contribution in [0.5, 0.6) is 0 Å². The SMILES string of the molecule is CN1CCC(CN(C)c2cc(CNC3CC3)ccn2)C1. The highest BCUT2D eigenvalue weighted by Crippen LogP contribution is 2.21. The first-order valence-corrected chi connectivity index (χ1v) is 7.78. The number of aromatic nitrogens is 1. The van der Waals surface area contributed by atoms with E-state index in [1.54, 1.807) is 0 Å². The topological polar surface area (TPSA) is 31.4 Å². The smallest absolute Gasteiger partial charge is 0.128 e. The summed E-state index contributed by atoms with van der Waals surface area (Å²) in [6.45, 7) is 4.53. The molecule has 0 bridgehead atoms. The average molecular weight is 274 g/mol. The molecular weight excluding hydrogens is 248 g/mol. The molecular formula is C16H26N4. The Bertz CT molecular complexity index is 444. The molecule has 4 heteroatoms. The van der Waals surface area contributed by atoms with E-state index >= 15 is 0 Å². The van der Waals surface area contributed by atoms with E-state index in [2.05, 4.69) is 46.3 Å². The predicted octanol–water partition coefficient (Wildman–Crippen LogP) is 1.72. The van der Waals surface area contributed by atoms with Gasteiger partial charge in [0.25, 0.3) is 0 Å². The number of pyridine rings is 1. The van der Waals surface area contributed by atoms with Crippen molar-refractivity contribution in [1.82, 2.24) is 15.2 Å². The molecule has 1 aromatic heterocycles. The van der Waals surface area contributed by atoms with Gasteiger partial charge in [0.15, 0.2) is 0 Å². The van der Waals surface area contributed by atoms with E-state index in [1.165, 1.54) is 37.9 Å². The van der Waals surface area contributed by atoms with Crippen molar-refractivity contribution in [2.45, 2.75) is 31.8 Å². The number of likely N-dealkylation sites (tertiary alicyclic amines) is 1. The predicted molar refractivity (Wildman–Crippen MR) is 83.0 cm³/mol. The molecule has 1 aliphatic carbocycles. The second-order valence-corrected chi connectivity index (χ2v) is 6.47. The lowest BCUT2D eigenvalue weighted by Gasteiger charge is -2.22. The van der Waals surface area contributed by atoms with Crippen LogP contribution in [0.1, 0.15) is 24.8 Å². The summed E-state index contributed by atoms with van der Waals surface area (Å²) in [4.78, 5) is 9.26. The molecule has 2 heterocycles. The van der Waals surface area contributed by atoms with Gasteiger partial charge in [-0.05, 0) is 56.5 Å². The van der Waals surface area contributed by atoms with E-state index in [0.717, 1.165) is 30.9 Å². The summed E-state index contributed by atoms with van der Waals surface area (Å²) in [6.07, 6.45) is 5.93. The molecule has 1 saturated carbocycles. The van der Waals surface area contributed by atoms with Crippen molar-refractivity contribution in [3.05, 3.63) is 23.9 Å². The maximum absolute atomic E-state index is 4.53. The molecule has 0 radical (unpaired) electrons. The van der Waals surface area contributed by atoms with E-state index in [4.69, 9.17) is 0 Å². The van der Waals surface area contributed by atoms with E-state index in [0.29, 0.717) is 0 Å². The molecule has 3 rings (SSSR count). The van der Waals surface area contributed by atoms with Crippen LogP contribution in [-0.2, 0) is 6.54 Å². The number of anilines is 1. The van der Waals surface area contributed by atoms with Crippen LogP contribution < -0.4 is 10.2 Å². The Labute approximate surface area is 122 Å². The van der Waals surface area contributed by atoms with Gasteiger partial charge in [-0.2, -0.15) is 0 Å². The zero-order valence-electron chi connectivity index (χ0n) is 12.7. The Morgan fingerprint density at radius 1 is 1.40 bits per heavy atom. The Kier molecular flexibility index (Phi) is 4.22. The average Bonchev–Trinajstić information content (AvgIpc) is 3.19. The summed E-state index contributed by atoms with van der Waals surface area (Å²) < 4.78 is 0. The van der Waals surface area contributed by atoms with Gasteiger partial charge < -0.3 is 15.1 Å². The molecule has 4 nitrogen and oxygen atoms in total. The minimum absolute atomic E-state index is 0.762. The molecule has 0 aromatic carbocycles. The molecule has 110 valence electrons. The van der Waals surface area contributed by atoms with E-state index < -0.39 is 0 Å². The Morgan fingerprint density at radius 3 is 2.95 bits per heavy atom. The van der Waals surface area contributed by atoms with Crippen LogP contribution in [-0.4, -0.2) is 49.7 Å². The van der Waals surface area contributed by atoms with Crippen LogP contribution >= 0.6 is 0 Å². The van der Waals surface area contributed by atoms with Crippen molar-refractivity contribution in [2.24, 2.45) is 5.92 Å². The Hall–Kier alpha value is -1.13. The molecule has 2 aliphatic rings. The number of hydrogen-bond acceptors (Lipinski definition) is 4. The summed E-state index contributed by atoms with van der Waals surface area (Å²) in [5, 5.41) is 3.56. The number of rotatable bonds is 6. The minimum Gasteiger partial charge on any atom is -0.359 e. The minimum atomic E-state index is 0.762. The summed E-state index contributed by atoms with van der Waals surface area (Å²) in [6, 6.07) is 5.11. The fraction of sp³-hybridized carbons (Fsp3) is 0.688. The van der Waals surface area contributed by atoms with Gasteiger partial charge in [-0.1, -0.05) is 0 Å². The van der Waals surface area contributed by atoms with Crippen molar-refractivity contribution in [3.63, 3.8) is 0 Å². The third-order valence-corrected chi connectivity index (χ3v) is 4.39. The lowest BCUT2D eigenvalue weighted by Crippen LogP contribution is -2.28. The van der Waals surface area contributed by atoms with Gasteiger partial charge in [-0.25, -0.2) is 4.98 Å². The summed E-state index contributed by atoms with van der Waals surface area (Å²) >= 11 is 0. The highest BCUT2D eigenvalue weighted by molar-refractivity contribution is 5.40. The standard InChI is InChI=1S/C16H26N4/c1-19-8-6-14(11-19)12-20(2)16-9-13(5-7-17-16)10-18-15-3-4-15/h5,7,9,14-15,18H,3-4,6,8,10-12H2,1-2H3. The van der Waals surface area contributed by atoms with E-state index in [-0.39, 0.29) is 0 Å². The first-order chi connectivity index (χ1) is 9.70.